The van der Waals surface area contributed by atoms with Crippen molar-refractivity contribution in [2.45, 2.75) is 32.1 Å². The molecule has 5 nitrogen and oxygen atoms in total. The van der Waals surface area contributed by atoms with Gasteiger partial charge in [0, 0.05) is 38.3 Å². The second-order valence-electron chi connectivity index (χ2n) is 9.09. The van der Waals surface area contributed by atoms with Crippen LogP contribution in [0.5, 0.6) is 0 Å². The Morgan fingerprint density at radius 1 is 0.971 bits per heavy atom. The summed E-state index contributed by atoms with van der Waals surface area (Å²) in [6.45, 7) is 2.56. The number of carboxylic acid groups (broad SMARTS) is 1. The summed E-state index contributed by atoms with van der Waals surface area (Å²) in [5, 5.41) is 9.12. The summed E-state index contributed by atoms with van der Waals surface area (Å²) >= 11 is 0. The molecule has 5 heteroatoms. The summed E-state index contributed by atoms with van der Waals surface area (Å²) in [6, 6.07) is 23.1. The van der Waals surface area contributed by atoms with Crippen molar-refractivity contribution in [1.29, 1.82) is 0 Å². The van der Waals surface area contributed by atoms with Gasteiger partial charge in [0.15, 0.2) is 0 Å². The van der Waals surface area contributed by atoms with Crippen molar-refractivity contribution in [3.05, 3.63) is 95.1 Å². The Kier molecular flexibility index (Phi) is 6.92. The number of Topliss-reactive ketones (excluding diaryl/α,β-unsaturated/α-hetero) is 1. The molecule has 34 heavy (non-hydrogen) atoms. The second-order valence-corrected chi connectivity index (χ2v) is 9.09. The molecule has 4 rings (SSSR count). The fraction of sp³-hybridized carbons (Fsp3) is 0.276. The predicted molar refractivity (Wildman–Crippen MR) is 132 cm³/mol. The number of aromatic carboxylic acids is 1. The summed E-state index contributed by atoms with van der Waals surface area (Å²) in [5.41, 5.74) is 5.53. The van der Waals surface area contributed by atoms with Gasteiger partial charge >= 0.3 is 5.97 Å². The topological polar surface area (TPSA) is 74.7 Å². The number of amides is 1. The molecule has 1 unspecified atom stereocenters. The third kappa shape index (κ3) is 5.09. The van der Waals surface area contributed by atoms with Crippen LogP contribution in [0, 0.1) is 12.8 Å². The van der Waals surface area contributed by atoms with Crippen LogP contribution in [0.3, 0.4) is 0 Å². The Balaban J connectivity index is 1.60. The van der Waals surface area contributed by atoms with Gasteiger partial charge in [0.1, 0.15) is 5.78 Å². The summed E-state index contributed by atoms with van der Waals surface area (Å²) in [4.78, 5) is 38.0. The first-order valence-electron chi connectivity index (χ1n) is 11.6. The van der Waals surface area contributed by atoms with E-state index in [9.17, 15) is 14.4 Å². The lowest BCUT2D eigenvalue weighted by atomic mass is 9.80. The average molecular weight is 456 g/mol. The fourth-order valence-corrected chi connectivity index (χ4v) is 4.74. The molecule has 3 aromatic rings. The summed E-state index contributed by atoms with van der Waals surface area (Å²) in [5.74, 6) is -0.838. The number of benzene rings is 3. The molecule has 1 amide bonds. The zero-order chi connectivity index (χ0) is 24.2. The van der Waals surface area contributed by atoms with Gasteiger partial charge in [0.25, 0.3) is 0 Å². The predicted octanol–water partition coefficient (Wildman–Crippen LogP) is 5.32. The van der Waals surface area contributed by atoms with Crippen molar-refractivity contribution < 1.29 is 19.5 Å². The van der Waals surface area contributed by atoms with E-state index in [0.29, 0.717) is 25.8 Å². The maximum absolute atomic E-state index is 13.3. The van der Waals surface area contributed by atoms with Gasteiger partial charge in [-0.05, 0) is 53.3 Å². The summed E-state index contributed by atoms with van der Waals surface area (Å²) in [6.07, 6.45) is 1.44. The van der Waals surface area contributed by atoms with Crippen LogP contribution in [0.15, 0.2) is 72.8 Å². The molecule has 0 saturated carbocycles. The number of ketones is 1. The van der Waals surface area contributed by atoms with Crippen LogP contribution < -0.4 is 0 Å². The SMILES string of the molecule is Cc1ccccc1[C@H](CC(=O)C1CCC(=O)N(C)C1)c1ccc(-c2ccc(C(=O)O)cc2)cc1. The van der Waals surface area contributed by atoms with Gasteiger partial charge in [0.05, 0.1) is 5.56 Å². The fourth-order valence-electron chi connectivity index (χ4n) is 4.74. The Hall–Kier alpha value is -3.73. The molecule has 1 N–H and O–H groups in total. The van der Waals surface area contributed by atoms with Crippen LogP contribution >= 0.6 is 0 Å². The van der Waals surface area contributed by atoms with E-state index in [-0.39, 0.29) is 29.1 Å². The number of aryl methyl sites for hydroxylation is 1. The van der Waals surface area contributed by atoms with Gasteiger partial charge < -0.3 is 10.0 Å². The molecule has 0 aliphatic carbocycles. The number of carboxylic acids is 1. The minimum Gasteiger partial charge on any atom is -0.478 e. The number of hydrogen-bond donors (Lipinski definition) is 1. The van der Waals surface area contributed by atoms with Gasteiger partial charge in [-0.2, -0.15) is 0 Å². The van der Waals surface area contributed by atoms with E-state index in [1.54, 1.807) is 24.1 Å². The van der Waals surface area contributed by atoms with Crippen LogP contribution in [0.4, 0.5) is 0 Å². The van der Waals surface area contributed by atoms with E-state index in [0.717, 1.165) is 27.8 Å². The van der Waals surface area contributed by atoms with Crippen LogP contribution in [0.25, 0.3) is 11.1 Å². The van der Waals surface area contributed by atoms with Crippen molar-refractivity contribution in [3.63, 3.8) is 0 Å². The standard InChI is InChI=1S/C29H29NO4/c1-19-5-3-4-6-25(19)26(17-27(31)24-15-16-28(32)30(2)18-24)22-11-7-20(8-12-22)21-9-13-23(14-10-21)29(33)34/h3-14,24,26H,15-18H2,1-2H3,(H,33,34)/t24?,26-/m1/s1. The van der Waals surface area contributed by atoms with Gasteiger partial charge in [-0.3, -0.25) is 9.59 Å². The Labute approximate surface area is 200 Å². The third-order valence-electron chi connectivity index (χ3n) is 6.83. The highest BCUT2D eigenvalue weighted by atomic mass is 16.4. The molecular weight excluding hydrogens is 426 g/mol. The molecule has 0 radical (unpaired) electrons. The molecule has 0 spiro atoms. The highest BCUT2D eigenvalue weighted by molar-refractivity contribution is 5.88. The summed E-state index contributed by atoms with van der Waals surface area (Å²) < 4.78 is 0. The first-order chi connectivity index (χ1) is 16.3. The van der Waals surface area contributed by atoms with Gasteiger partial charge in [-0.15, -0.1) is 0 Å². The molecule has 1 aliphatic heterocycles. The zero-order valence-corrected chi connectivity index (χ0v) is 19.5. The molecule has 1 heterocycles. The highest BCUT2D eigenvalue weighted by Gasteiger charge is 2.30. The first-order valence-corrected chi connectivity index (χ1v) is 11.6. The molecular formula is C29H29NO4. The minimum atomic E-state index is -0.943. The maximum Gasteiger partial charge on any atom is 0.335 e. The Morgan fingerprint density at radius 3 is 2.18 bits per heavy atom. The van der Waals surface area contributed by atoms with Gasteiger partial charge in [0.2, 0.25) is 5.91 Å². The Morgan fingerprint density at radius 2 is 1.59 bits per heavy atom. The zero-order valence-electron chi connectivity index (χ0n) is 19.5. The van der Waals surface area contributed by atoms with E-state index in [1.807, 2.05) is 36.4 Å². The van der Waals surface area contributed by atoms with Gasteiger partial charge in [-0.1, -0.05) is 60.7 Å². The quantitative estimate of drug-likeness (QED) is 0.523. The number of hydrogen-bond acceptors (Lipinski definition) is 3. The largest absolute Gasteiger partial charge is 0.478 e. The molecule has 1 fully saturated rings. The number of carbonyl (C=O) groups is 3. The van der Waals surface area contributed by atoms with Crippen molar-refractivity contribution in [3.8, 4) is 11.1 Å². The highest BCUT2D eigenvalue weighted by Crippen LogP contribution is 2.34. The van der Waals surface area contributed by atoms with E-state index < -0.39 is 5.97 Å². The summed E-state index contributed by atoms with van der Waals surface area (Å²) in [7, 11) is 1.77. The molecule has 174 valence electrons. The minimum absolute atomic E-state index is 0.0694. The van der Waals surface area contributed by atoms with Crippen molar-refractivity contribution >= 4 is 17.7 Å². The molecule has 0 bridgehead atoms. The smallest absolute Gasteiger partial charge is 0.335 e. The average Bonchev–Trinajstić information content (AvgIpc) is 2.85. The van der Waals surface area contributed by atoms with Crippen LogP contribution in [0.2, 0.25) is 0 Å². The first kappa shape index (κ1) is 23.4. The molecule has 1 aliphatic rings. The lowest BCUT2D eigenvalue weighted by Gasteiger charge is -2.30. The Bertz CT molecular complexity index is 1200. The lowest BCUT2D eigenvalue weighted by Crippen LogP contribution is -2.40. The van der Waals surface area contributed by atoms with Crippen LogP contribution in [-0.4, -0.2) is 41.3 Å². The van der Waals surface area contributed by atoms with E-state index >= 15 is 0 Å². The number of likely N-dealkylation sites (tertiary alicyclic amines) is 1. The number of rotatable bonds is 7. The second kappa shape index (κ2) is 10.0. The van der Waals surface area contributed by atoms with Crippen molar-refractivity contribution in [2.75, 3.05) is 13.6 Å². The molecule has 2 atom stereocenters. The van der Waals surface area contributed by atoms with Crippen LogP contribution in [0.1, 0.15) is 52.2 Å². The van der Waals surface area contributed by atoms with Crippen molar-refractivity contribution in [1.82, 2.24) is 4.90 Å². The normalized spacial score (nSPS) is 16.8. The monoisotopic (exact) mass is 455 g/mol. The van der Waals surface area contributed by atoms with Crippen molar-refractivity contribution in [2.24, 2.45) is 5.92 Å². The molecule has 0 aromatic heterocycles. The van der Waals surface area contributed by atoms with E-state index in [2.05, 4.69) is 31.2 Å². The van der Waals surface area contributed by atoms with Crippen LogP contribution in [-0.2, 0) is 9.59 Å². The maximum atomic E-state index is 13.3. The third-order valence-corrected chi connectivity index (χ3v) is 6.83. The number of nitrogens with zero attached hydrogens (tertiary/aromatic N) is 1. The lowest BCUT2D eigenvalue weighted by molar-refractivity contribution is -0.136. The molecule has 1 saturated heterocycles. The number of carbonyl (C=O) groups excluding carboxylic acids is 2. The van der Waals surface area contributed by atoms with Gasteiger partial charge in [-0.25, -0.2) is 4.79 Å². The van der Waals surface area contributed by atoms with E-state index in [4.69, 9.17) is 5.11 Å². The molecule has 3 aromatic carbocycles. The van der Waals surface area contributed by atoms with E-state index in [1.165, 1.54) is 0 Å². The number of piperidine rings is 1.